The molecule has 0 aliphatic carbocycles. The fraction of sp³-hybridized carbons (Fsp3) is 0.600. The molecule has 158 valence electrons. The number of hydrogen-bond donors (Lipinski definition) is 2. The molecule has 6 nitrogen and oxygen atoms in total. The SMILES string of the molecule is Cc1cc(OCCCC(=O)N2CCCCC2CNC(=O)CCN)ccc1Cl.Cl. The van der Waals surface area contributed by atoms with E-state index in [9.17, 15) is 9.59 Å². The second kappa shape index (κ2) is 12.9. The molecular weight excluding hydrogens is 401 g/mol. The number of likely N-dealkylation sites (tertiary alicyclic amines) is 1. The molecule has 0 bridgehead atoms. The molecule has 2 rings (SSSR count). The minimum Gasteiger partial charge on any atom is -0.494 e. The molecule has 1 unspecified atom stereocenters. The highest BCUT2D eigenvalue weighted by atomic mass is 35.5. The highest BCUT2D eigenvalue weighted by molar-refractivity contribution is 6.31. The molecule has 3 N–H and O–H groups in total. The van der Waals surface area contributed by atoms with Gasteiger partial charge in [-0.15, -0.1) is 12.4 Å². The molecular formula is C20H31Cl2N3O3. The van der Waals surface area contributed by atoms with Gasteiger partial charge >= 0.3 is 0 Å². The number of aryl methyl sites for hydroxylation is 1. The summed E-state index contributed by atoms with van der Waals surface area (Å²) >= 11 is 6.01. The molecule has 1 fully saturated rings. The van der Waals surface area contributed by atoms with Crippen LogP contribution < -0.4 is 15.8 Å². The first-order valence-corrected chi connectivity index (χ1v) is 10.0. The van der Waals surface area contributed by atoms with Gasteiger partial charge in [0.15, 0.2) is 0 Å². The van der Waals surface area contributed by atoms with Crippen molar-refractivity contribution in [2.45, 2.75) is 51.5 Å². The average molecular weight is 432 g/mol. The van der Waals surface area contributed by atoms with Gasteiger partial charge in [0.25, 0.3) is 0 Å². The van der Waals surface area contributed by atoms with E-state index in [0.717, 1.165) is 37.1 Å². The number of nitrogens with two attached hydrogens (primary N) is 1. The Bertz CT molecular complexity index is 643. The van der Waals surface area contributed by atoms with Crippen LogP contribution >= 0.6 is 24.0 Å². The molecule has 1 aliphatic heterocycles. The van der Waals surface area contributed by atoms with Gasteiger partial charge in [0, 0.05) is 43.5 Å². The number of benzene rings is 1. The van der Waals surface area contributed by atoms with E-state index < -0.39 is 0 Å². The maximum atomic E-state index is 12.6. The number of rotatable bonds is 9. The van der Waals surface area contributed by atoms with E-state index in [1.54, 1.807) is 0 Å². The fourth-order valence-electron chi connectivity index (χ4n) is 3.26. The fourth-order valence-corrected chi connectivity index (χ4v) is 3.37. The molecule has 8 heteroatoms. The number of carbonyl (C=O) groups excluding carboxylic acids is 2. The molecule has 28 heavy (non-hydrogen) atoms. The number of carbonyl (C=O) groups is 2. The van der Waals surface area contributed by atoms with Crippen LogP contribution in [0.3, 0.4) is 0 Å². The Labute approximate surface area is 178 Å². The zero-order valence-electron chi connectivity index (χ0n) is 16.4. The van der Waals surface area contributed by atoms with Crippen molar-refractivity contribution in [1.82, 2.24) is 10.2 Å². The van der Waals surface area contributed by atoms with Crippen molar-refractivity contribution in [2.24, 2.45) is 5.73 Å². The Morgan fingerprint density at radius 3 is 2.82 bits per heavy atom. The van der Waals surface area contributed by atoms with Crippen molar-refractivity contribution in [3.63, 3.8) is 0 Å². The number of amides is 2. The maximum Gasteiger partial charge on any atom is 0.223 e. The van der Waals surface area contributed by atoms with Crippen molar-refractivity contribution in [3.8, 4) is 5.75 Å². The predicted molar refractivity (Wildman–Crippen MR) is 114 cm³/mol. The summed E-state index contributed by atoms with van der Waals surface area (Å²) in [4.78, 5) is 26.2. The topological polar surface area (TPSA) is 84.7 Å². The van der Waals surface area contributed by atoms with E-state index >= 15 is 0 Å². The quantitative estimate of drug-likeness (QED) is 0.588. The van der Waals surface area contributed by atoms with Crippen molar-refractivity contribution < 1.29 is 14.3 Å². The third kappa shape index (κ3) is 7.86. The highest BCUT2D eigenvalue weighted by Crippen LogP contribution is 2.21. The number of piperidine rings is 1. The molecule has 2 amide bonds. The van der Waals surface area contributed by atoms with Crippen molar-refractivity contribution >= 4 is 35.8 Å². The molecule has 0 aromatic heterocycles. The summed E-state index contributed by atoms with van der Waals surface area (Å²) in [5.41, 5.74) is 6.37. The number of ether oxygens (including phenoxy) is 1. The number of hydrogen-bond acceptors (Lipinski definition) is 4. The first-order valence-electron chi connectivity index (χ1n) is 9.66. The first kappa shape index (κ1) is 24.5. The standard InChI is InChI=1S/C20H30ClN3O3.ClH/c1-15-13-17(7-8-18(15)21)27-12-4-6-20(26)24-11-3-2-5-16(24)14-23-19(25)9-10-22;/h7-8,13,16H,2-6,9-12,14,22H2,1H3,(H,23,25);1H. The van der Waals surface area contributed by atoms with Gasteiger partial charge in [-0.1, -0.05) is 11.6 Å². The van der Waals surface area contributed by atoms with Gasteiger partial charge in [0.1, 0.15) is 5.75 Å². The van der Waals surface area contributed by atoms with Gasteiger partial charge < -0.3 is 20.7 Å². The lowest BCUT2D eigenvalue weighted by molar-refractivity contribution is -0.135. The lowest BCUT2D eigenvalue weighted by atomic mass is 10.0. The Balaban J connectivity index is 0.00000392. The van der Waals surface area contributed by atoms with Crippen LogP contribution in [0.5, 0.6) is 5.75 Å². The van der Waals surface area contributed by atoms with Crippen molar-refractivity contribution in [3.05, 3.63) is 28.8 Å². The Morgan fingerprint density at radius 1 is 1.32 bits per heavy atom. The third-order valence-electron chi connectivity index (χ3n) is 4.79. The smallest absolute Gasteiger partial charge is 0.223 e. The van der Waals surface area contributed by atoms with E-state index in [1.807, 2.05) is 30.0 Å². The molecule has 1 aromatic carbocycles. The van der Waals surface area contributed by atoms with Crippen molar-refractivity contribution in [2.75, 3.05) is 26.2 Å². The van der Waals surface area contributed by atoms with Gasteiger partial charge in [-0.2, -0.15) is 0 Å². The maximum absolute atomic E-state index is 12.6. The summed E-state index contributed by atoms with van der Waals surface area (Å²) in [6.07, 6.45) is 4.44. The number of nitrogens with one attached hydrogen (secondary N) is 1. The first-order chi connectivity index (χ1) is 13.0. The lowest BCUT2D eigenvalue weighted by Gasteiger charge is -2.36. The lowest BCUT2D eigenvalue weighted by Crippen LogP contribution is -2.49. The van der Waals surface area contributed by atoms with Crippen LogP contribution in [0.1, 0.15) is 44.1 Å². The summed E-state index contributed by atoms with van der Waals surface area (Å²) < 4.78 is 5.71. The highest BCUT2D eigenvalue weighted by Gasteiger charge is 2.26. The Morgan fingerprint density at radius 2 is 2.11 bits per heavy atom. The van der Waals surface area contributed by atoms with Gasteiger partial charge in [-0.25, -0.2) is 0 Å². The predicted octanol–water partition coefficient (Wildman–Crippen LogP) is 3.08. The summed E-state index contributed by atoms with van der Waals surface area (Å²) in [6.45, 7) is 4.02. The summed E-state index contributed by atoms with van der Waals surface area (Å²) in [5, 5.41) is 3.60. The van der Waals surface area contributed by atoms with Crippen LogP contribution in [0.15, 0.2) is 18.2 Å². The second-order valence-corrected chi connectivity index (χ2v) is 7.35. The molecule has 1 aliphatic rings. The molecule has 1 heterocycles. The summed E-state index contributed by atoms with van der Waals surface area (Å²) in [5.74, 6) is 0.841. The summed E-state index contributed by atoms with van der Waals surface area (Å²) in [7, 11) is 0. The van der Waals surface area contributed by atoms with Gasteiger partial charge in [0.05, 0.1) is 6.61 Å². The second-order valence-electron chi connectivity index (χ2n) is 6.94. The third-order valence-corrected chi connectivity index (χ3v) is 5.21. The Kier molecular flexibility index (Phi) is 11.3. The van der Waals surface area contributed by atoms with Gasteiger partial charge in [0.2, 0.25) is 11.8 Å². The zero-order valence-corrected chi connectivity index (χ0v) is 18.0. The van der Waals surface area contributed by atoms with Crippen LogP contribution in [0.2, 0.25) is 5.02 Å². The van der Waals surface area contributed by atoms with E-state index in [1.165, 1.54) is 0 Å². The Hall–Kier alpha value is -1.50. The van der Waals surface area contributed by atoms with Crippen LogP contribution in [0, 0.1) is 6.92 Å². The summed E-state index contributed by atoms with van der Waals surface area (Å²) in [6, 6.07) is 5.62. The van der Waals surface area contributed by atoms with Crippen LogP contribution in [-0.2, 0) is 9.59 Å². The average Bonchev–Trinajstić information content (AvgIpc) is 2.66. The van der Waals surface area contributed by atoms with Gasteiger partial charge in [-0.3, -0.25) is 9.59 Å². The minimum absolute atomic E-state index is 0. The molecule has 0 radical (unpaired) electrons. The zero-order chi connectivity index (χ0) is 19.6. The molecule has 0 saturated carbocycles. The molecule has 1 atom stereocenters. The van der Waals surface area contributed by atoms with Crippen molar-refractivity contribution in [1.29, 1.82) is 0 Å². The van der Waals surface area contributed by atoms with Crippen LogP contribution in [0.4, 0.5) is 0 Å². The minimum atomic E-state index is -0.0536. The van der Waals surface area contributed by atoms with E-state index in [4.69, 9.17) is 22.1 Å². The monoisotopic (exact) mass is 431 g/mol. The van der Waals surface area contributed by atoms with Crippen LogP contribution in [0.25, 0.3) is 0 Å². The van der Waals surface area contributed by atoms with E-state index in [0.29, 0.717) is 44.0 Å². The normalized spacial score (nSPS) is 16.2. The molecule has 0 spiro atoms. The van der Waals surface area contributed by atoms with Crippen LogP contribution in [-0.4, -0.2) is 49.0 Å². The van der Waals surface area contributed by atoms with E-state index in [-0.39, 0.29) is 30.3 Å². The number of nitrogens with zero attached hydrogens (tertiary/aromatic N) is 1. The van der Waals surface area contributed by atoms with E-state index in [2.05, 4.69) is 5.32 Å². The largest absolute Gasteiger partial charge is 0.494 e. The van der Waals surface area contributed by atoms with Gasteiger partial charge in [-0.05, 0) is 56.4 Å². The molecule has 1 saturated heterocycles. The molecule has 1 aromatic rings. The number of halogens is 2.